The third kappa shape index (κ3) is 7.29. The lowest BCUT2D eigenvalue weighted by molar-refractivity contribution is -0.118. The Labute approximate surface area is 67.0 Å². The number of hydrogen-bond acceptors (Lipinski definition) is 3. The second-order valence-electron chi connectivity index (χ2n) is 2.83. The highest BCUT2D eigenvalue weighted by atomic mass is 16.3. The fourth-order valence-electron chi connectivity index (χ4n) is 0.843. The number of nitrogens with zero attached hydrogens (tertiary/aromatic N) is 1. The maximum absolute atomic E-state index is 10.3. The first-order chi connectivity index (χ1) is 5.02. The average Bonchev–Trinajstić information content (AvgIpc) is 1.82. The molecule has 1 unspecified atom stereocenters. The Morgan fingerprint density at radius 1 is 1.73 bits per heavy atom. The molecular weight excluding hydrogens is 144 g/mol. The van der Waals surface area contributed by atoms with Crippen molar-refractivity contribution in [3.05, 3.63) is 0 Å². The highest BCUT2D eigenvalue weighted by molar-refractivity contribution is 5.73. The average molecular weight is 160 g/mol. The lowest BCUT2D eigenvalue weighted by atomic mass is 10.3. The van der Waals surface area contributed by atoms with Crippen molar-refractivity contribution in [2.24, 2.45) is 5.73 Å². The summed E-state index contributed by atoms with van der Waals surface area (Å²) >= 11 is 0. The van der Waals surface area contributed by atoms with Gasteiger partial charge in [0.15, 0.2) is 0 Å². The van der Waals surface area contributed by atoms with Gasteiger partial charge in [-0.25, -0.2) is 0 Å². The zero-order chi connectivity index (χ0) is 8.85. The van der Waals surface area contributed by atoms with Crippen LogP contribution in [0.15, 0.2) is 0 Å². The maximum Gasteiger partial charge on any atom is 0.218 e. The molecule has 11 heavy (non-hydrogen) atoms. The van der Waals surface area contributed by atoms with Gasteiger partial charge in [0.2, 0.25) is 5.91 Å². The molecule has 0 bridgehead atoms. The van der Waals surface area contributed by atoms with Crippen LogP contribution >= 0.6 is 0 Å². The molecule has 0 radical (unpaired) electrons. The van der Waals surface area contributed by atoms with Crippen molar-refractivity contribution in [1.29, 1.82) is 0 Å². The van der Waals surface area contributed by atoms with E-state index in [1.165, 1.54) is 0 Å². The molecule has 66 valence electrons. The Kier molecular flexibility index (Phi) is 4.81. The van der Waals surface area contributed by atoms with Gasteiger partial charge in [0.25, 0.3) is 0 Å². The van der Waals surface area contributed by atoms with Gasteiger partial charge in [-0.15, -0.1) is 0 Å². The molecule has 4 heteroatoms. The molecule has 0 saturated heterocycles. The predicted octanol–water partition coefficient (Wildman–Crippen LogP) is -0.826. The number of rotatable bonds is 5. The molecule has 0 aliphatic heterocycles. The number of hydrogen-bond donors (Lipinski definition) is 2. The summed E-state index contributed by atoms with van der Waals surface area (Å²) in [5, 5.41) is 8.93. The second-order valence-corrected chi connectivity index (χ2v) is 2.83. The third-order valence-corrected chi connectivity index (χ3v) is 1.32. The number of amides is 1. The molecule has 0 rings (SSSR count). The van der Waals surface area contributed by atoms with E-state index in [0.717, 1.165) is 0 Å². The first-order valence-electron chi connectivity index (χ1n) is 3.67. The zero-order valence-electron chi connectivity index (χ0n) is 7.08. The van der Waals surface area contributed by atoms with E-state index in [9.17, 15) is 4.79 Å². The number of likely N-dealkylation sites (N-methyl/N-ethyl adjacent to an activating group) is 1. The van der Waals surface area contributed by atoms with E-state index in [-0.39, 0.29) is 12.0 Å². The highest BCUT2D eigenvalue weighted by Gasteiger charge is 2.03. The van der Waals surface area contributed by atoms with E-state index in [1.807, 2.05) is 11.9 Å². The molecule has 0 aromatic carbocycles. The molecule has 0 spiro atoms. The topological polar surface area (TPSA) is 66.6 Å². The van der Waals surface area contributed by atoms with Crippen LogP contribution < -0.4 is 5.73 Å². The minimum absolute atomic E-state index is 0.303. The van der Waals surface area contributed by atoms with Gasteiger partial charge in [0, 0.05) is 19.5 Å². The van der Waals surface area contributed by atoms with Gasteiger partial charge in [-0.3, -0.25) is 4.79 Å². The summed E-state index contributed by atoms with van der Waals surface area (Å²) in [5.74, 6) is -0.303. The zero-order valence-corrected chi connectivity index (χ0v) is 7.08. The molecule has 1 atom stereocenters. The van der Waals surface area contributed by atoms with Gasteiger partial charge in [-0.2, -0.15) is 0 Å². The van der Waals surface area contributed by atoms with Crippen LogP contribution in [0.3, 0.4) is 0 Å². The smallest absolute Gasteiger partial charge is 0.218 e. The van der Waals surface area contributed by atoms with E-state index in [0.29, 0.717) is 19.5 Å². The van der Waals surface area contributed by atoms with Crippen molar-refractivity contribution >= 4 is 5.91 Å². The fourth-order valence-corrected chi connectivity index (χ4v) is 0.843. The summed E-state index contributed by atoms with van der Waals surface area (Å²) in [6, 6.07) is 0. The summed E-state index contributed by atoms with van der Waals surface area (Å²) < 4.78 is 0. The van der Waals surface area contributed by atoms with Crippen LogP contribution in [0.25, 0.3) is 0 Å². The number of carbonyl (C=O) groups is 1. The lowest BCUT2D eigenvalue weighted by Crippen LogP contribution is -2.30. The molecule has 1 amide bonds. The lowest BCUT2D eigenvalue weighted by Gasteiger charge is -2.16. The quantitative estimate of drug-likeness (QED) is 0.552. The monoisotopic (exact) mass is 160 g/mol. The molecule has 0 aliphatic carbocycles. The molecule has 0 fully saturated rings. The van der Waals surface area contributed by atoms with Crippen LogP contribution in [-0.2, 0) is 4.79 Å². The van der Waals surface area contributed by atoms with Crippen molar-refractivity contribution in [1.82, 2.24) is 4.90 Å². The standard InChI is InChI=1S/C7H16N2O2/c1-6(10)5-9(2)4-3-7(8)11/h6,10H,3-5H2,1-2H3,(H2,8,11). The van der Waals surface area contributed by atoms with E-state index >= 15 is 0 Å². The molecule has 4 nitrogen and oxygen atoms in total. The molecule has 0 saturated carbocycles. The number of carbonyl (C=O) groups excluding carboxylic acids is 1. The van der Waals surface area contributed by atoms with Crippen molar-refractivity contribution in [2.45, 2.75) is 19.4 Å². The number of nitrogens with two attached hydrogens (primary N) is 1. The molecule has 3 N–H and O–H groups in total. The van der Waals surface area contributed by atoms with Gasteiger partial charge in [0.1, 0.15) is 0 Å². The van der Waals surface area contributed by atoms with Gasteiger partial charge in [-0.1, -0.05) is 0 Å². The first-order valence-corrected chi connectivity index (χ1v) is 3.67. The van der Waals surface area contributed by atoms with E-state index in [4.69, 9.17) is 10.8 Å². The van der Waals surface area contributed by atoms with Crippen LogP contribution in [0, 0.1) is 0 Å². The van der Waals surface area contributed by atoms with Crippen LogP contribution in [0.2, 0.25) is 0 Å². The molecule has 0 heterocycles. The highest BCUT2D eigenvalue weighted by Crippen LogP contribution is 1.89. The van der Waals surface area contributed by atoms with Gasteiger partial charge in [-0.05, 0) is 14.0 Å². The van der Waals surface area contributed by atoms with Crippen LogP contribution in [0.5, 0.6) is 0 Å². The Hall–Kier alpha value is -0.610. The van der Waals surface area contributed by atoms with Crippen LogP contribution in [0.4, 0.5) is 0 Å². The van der Waals surface area contributed by atoms with Gasteiger partial charge in [0.05, 0.1) is 6.10 Å². The summed E-state index contributed by atoms with van der Waals surface area (Å²) in [7, 11) is 1.84. The van der Waals surface area contributed by atoms with Crippen molar-refractivity contribution in [2.75, 3.05) is 20.1 Å². The van der Waals surface area contributed by atoms with E-state index in [2.05, 4.69) is 0 Å². The first kappa shape index (κ1) is 10.4. The molecular formula is C7H16N2O2. The summed E-state index contributed by atoms with van der Waals surface area (Å²) in [6.07, 6.45) is -0.00340. The van der Waals surface area contributed by atoms with E-state index in [1.54, 1.807) is 6.92 Å². The molecule has 0 aromatic heterocycles. The second kappa shape index (κ2) is 5.09. The largest absolute Gasteiger partial charge is 0.392 e. The fraction of sp³-hybridized carbons (Fsp3) is 0.857. The molecule has 0 aliphatic rings. The normalized spacial score (nSPS) is 13.5. The van der Waals surface area contributed by atoms with Gasteiger partial charge >= 0.3 is 0 Å². The predicted molar refractivity (Wildman–Crippen MR) is 43.0 cm³/mol. The van der Waals surface area contributed by atoms with E-state index < -0.39 is 0 Å². The number of aliphatic hydroxyl groups is 1. The summed E-state index contributed by atoms with van der Waals surface area (Å²) in [6.45, 7) is 2.90. The molecule has 0 aromatic rings. The summed E-state index contributed by atoms with van der Waals surface area (Å²) in [4.78, 5) is 12.2. The number of primary amides is 1. The third-order valence-electron chi connectivity index (χ3n) is 1.32. The Bertz CT molecular complexity index is 126. The maximum atomic E-state index is 10.3. The Balaban J connectivity index is 3.37. The summed E-state index contributed by atoms with van der Waals surface area (Å²) in [5.41, 5.74) is 4.94. The Morgan fingerprint density at radius 3 is 2.64 bits per heavy atom. The van der Waals surface area contributed by atoms with Crippen molar-refractivity contribution < 1.29 is 9.90 Å². The van der Waals surface area contributed by atoms with Crippen molar-refractivity contribution in [3.8, 4) is 0 Å². The number of aliphatic hydroxyl groups excluding tert-OH is 1. The minimum atomic E-state index is -0.354. The van der Waals surface area contributed by atoms with Crippen molar-refractivity contribution in [3.63, 3.8) is 0 Å². The Morgan fingerprint density at radius 2 is 2.27 bits per heavy atom. The minimum Gasteiger partial charge on any atom is -0.392 e. The van der Waals surface area contributed by atoms with Crippen LogP contribution in [0.1, 0.15) is 13.3 Å². The van der Waals surface area contributed by atoms with Crippen LogP contribution in [-0.4, -0.2) is 42.2 Å². The SMILES string of the molecule is CC(O)CN(C)CCC(N)=O. The van der Waals surface area contributed by atoms with Gasteiger partial charge < -0.3 is 15.7 Å².